The van der Waals surface area contributed by atoms with Crippen molar-refractivity contribution in [3.63, 3.8) is 0 Å². The Balaban J connectivity index is 2.03. The lowest BCUT2D eigenvalue weighted by Crippen LogP contribution is -2.06. The summed E-state index contributed by atoms with van der Waals surface area (Å²) in [5.74, 6) is 9.10. The molecule has 54 heavy (non-hydrogen) atoms. The van der Waals surface area contributed by atoms with Gasteiger partial charge in [0.1, 0.15) is 0 Å². The Kier molecular flexibility index (Phi) is 31.0. The van der Waals surface area contributed by atoms with Gasteiger partial charge in [-0.25, -0.2) is 0 Å². The predicted octanol–water partition coefficient (Wildman–Crippen LogP) is 18.7. The maximum atomic E-state index is 3.74. The summed E-state index contributed by atoms with van der Waals surface area (Å²) >= 11 is 3.89. The van der Waals surface area contributed by atoms with E-state index in [0.717, 1.165) is 11.8 Å². The molecule has 0 saturated carbocycles. The number of rotatable bonds is 36. The van der Waals surface area contributed by atoms with Crippen LogP contribution in [0.5, 0.6) is 0 Å². The van der Waals surface area contributed by atoms with E-state index in [4.69, 9.17) is 0 Å². The van der Waals surface area contributed by atoms with Crippen molar-refractivity contribution in [2.24, 2.45) is 11.8 Å². The van der Waals surface area contributed by atoms with Crippen LogP contribution in [-0.4, -0.2) is 0 Å². The van der Waals surface area contributed by atoms with Gasteiger partial charge >= 0.3 is 0 Å². The van der Waals surface area contributed by atoms with Gasteiger partial charge in [-0.05, 0) is 73.6 Å². The first-order valence-electron chi connectivity index (χ1n) is 24.2. The van der Waals surface area contributed by atoms with Crippen molar-refractivity contribution >= 4 is 22.7 Å². The molecule has 2 atom stereocenters. The van der Waals surface area contributed by atoms with Crippen molar-refractivity contribution in [2.75, 3.05) is 0 Å². The lowest BCUT2D eigenvalue weighted by molar-refractivity contribution is 0.400. The first kappa shape index (κ1) is 49.1. The molecule has 0 aliphatic carbocycles. The van der Waals surface area contributed by atoms with Gasteiger partial charge in [0.2, 0.25) is 0 Å². The molecule has 2 unspecified atom stereocenters. The monoisotopic (exact) mass is 779 g/mol. The highest BCUT2D eigenvalue weighted by molar-refractivity contribution is 7.13. The van der Waals surface area contributed by atoms with Gasteiger partial charge in [-0.3, -0.25) is 0 Å². The zero-order valence-corrected chi connectivity index (χ0v) is 38.8. The Morgan fingerprint density at radius 1 is 0.407 bits per heavy atom. The van der Waals surface area contributed by atoms with Crippen molar-refractivity contribution in [1.29, 1.82) is 0 Å². The van der Waals surface area contributed by atoms with Crippen LogP contribution in [-0.2, 0) is 12.8 Å². The van der Waals surface area contributed by atoms with Gasteiger partial charge in [0, 0.05) is 9.75 Å². The largest absolute Gasteiger partial charge is 0.132 e. The van der Waals surface area contributed by atoms with Crippen molar-refractivity contribution in [2.45, 2.75) is 260 Å². The average Bonchev–Trinajstić information content (AvgIpc) is 3.71. The number of aryl methyl sites for hydroxylation is 2. The van der Waals surface area contributed by atoms with Gasteiger partial charge in [0.05, 0.1) is 9.75 Å². The zero-order valence-electron chi connectivity index (χ0n) is 37.2. The first-order chi connectivity index (χ1) is 26.5. The van der Waals surface area contributed by atoms with Gasteiger partial charge in [0.15, 0.2) is 0 Å². The predicted molar refractivity (Wildman–Crippen MR) is 249 cm³/mol. The topological polar surface area (TPSA) is 0 Å². The Morgan fingerprint density at radius 3 is 1.15 bits per heavy atom. The van der Waals surface area contributed by atoms with E-state index in [9.17, 15) is 0 Å². The Hall–Kier alpha value is -1.04. The molecule has 0 N–H and O–H groups in total. The highest BCUT2D eigenvalue weighted by Crippen LogP contribution is 2.31. The fourth-order valence-corrected chi connectivity index (χ4v) is 10.4. The van der Waals surface area contributed by atoms with Crippen LogP contribution >= 0.6 is 22.7 Å². The summed E-state index contributed by atoms with van der Waals surface area (Å²) < 4.78 is 0. The summed E-state index contributed by atoms with van der Waals surface area (Å²) in [6.45, 7) is 14.0. The highest BCUT2D eigenvalue weighted by Gasteiger charge is 2.16. The van der Waals surface area contributed by atoms with E-state index in [1.807, 2.05) is 22.7 Å². The number of hydrogen-bond donors (Lipinski definition) is 0. The van der Waals surface area contributed by atoms with Crippen LogP contribution in [0.4, 0.5) is 0 Å². The standard InChI is InChI=1S/C52H90S2/c1-7-11-15-19-23-25-29-33-36-47(35-31-27-21-17-13-9-3)42-49-44-51(54-46(49)6)39-40-52-50(41-45(5)53-52)43-48(37-32-28-22-18-14-10-4)38-34-30-26-24-20-16-12-8-2/h41,44,47-48H,7-38,42-43H2,1-6H3. The average molecular weight is 779 g/mol. The van der Waals surface area contributed by atoms with Crippen LogP contribution in [0, 0.1) is 37.5 Å². The maximum absolute atomic E-state index is 3.74. The molecule has 2 heterocycles. The molecular formula is C52H90S2. The van der Waals surface area contributed by atoms with Gasteiger partial charge in [0.25, 0.3) is 0 Å². The molecule has 0 spiro atoms. The van der Waals surface area contributed by atoms with E-state index >= 15 is 0 Å². The highest BCUT2D eigenvalue weighted by atomic mass is 32.1. The SMILES string of the molecule is CCCCCCCCCCC(CCCCCCCC)Cc1cc(C#Cc2sc(C)cc2CC(CCCCCCCC)CCCCCCCCCC)sc1C. The van der Waals surface area contributed by atoms with E-state index in [0.29, 0.717) is 0 Å². The van der Waals surface area contributed by atoms with Crippen LogP contribution < -0.4 is 0 Å². The summed E-state index contributed by atoms with van der Waals surface area (Å²) in [7, 11) is 0. The maximum Gasteiger partial charge on any atom is 0.0807 e. The third-order valence-corrected chi connectivity index (χ3v) is 14.1. The molecule has 0 radical (unpaired) electrons. The molecule has 0 bridgehead atoms. The summed E-state index contributed by atoms with van der Waals surface area (Å²) in [5.41, 5.74) is 3.13. The minimum absolute atomic E-state index is 0.811. The summed E-state index contributed by atoms with van der Waals surface area (Å²) in [6.07, 6.45) is 47.7. The smallest absolute Gasteiger partial charge is 0.0807 e. The van der Waals surface area contributed by atoms with E-state index in [1.165, 1.54) is 238 Å². The van der Waals surface area contributed by atoms with Gasteiger partial charge in [-0.1, -0.05) is 233 Å². The molecule has 310 valence electrons. The summed E-state index contributed by atoms with van der Waals surface area (Å²) in [5, 5.41) is 0. The quantitative estimate of drug-likeness (QED) is 0.0477. The summed E-state index contributed by atoms with van der Waals surface area (Å²) in [4.78, 5) is 5.57. The third kappa shape index (κ3) is 24.6. The number of hydrogen-bond acceptors (Lipinski definition) is 2. The number of thiophene rings is 2. The normalized spacial score (nSPS) is 12.6. The Morgan fingerprint density at radius 2 is 0.759 bits per heavy atom. The molecule has 0 aliphatic rings. The Bertz CT molecular complexity index is 1190. The molecule has 0 saturated heterocycles. The summed E-state index contributed by atoms with van der Waals surface area (Å²) in [6, 6.07) is 4.97. The van der Waals surface area contributed by atoms with Gasteiger partial charge in [-0.2, -0.15) is 0 Å². The second-order valence-electron chi connectivity index (χ2n) is 17.4. The van der Waals surface area contributed by atoms with E-state index in [-0.39, 0.29) is 0 Å². The van der Waals surface area contributed by atoms with Crippen molar-refractivity contribution in [3.05, 3.63) is 42.8 Å². The minimum atomic E-state index is 0.811. The molecule has 2 aromatic heterocycles. The molecule has 0 nitrogen and oxygen atoms in total. The van der Waals surface area contributed by atoms with Crippen LogP contribution in [0.15, 0.2) is 12.1 Å². The van der Waals surface area contributed by atoms with Crippen LogP contribution in [0.25, 0.3) is 0 Å². The van der Waals surface area contributed by atoms with Crippen molar-refractivity contribution in [1.82, 2.24) is 0 Å². The lowest BCUT2D eigenvalue weighted by Gasteiger charge is -2.17. The number of unbranched alkanes of at least 4 members (excludes halogenated alkanes) is 24. The molecule has 0 amide bonds. The molecule has 2 aromatic rings. The van der Waals surface area contributed by atoms with Crippen LogP contribution in [0.2, 0.25) is 0 Å². The van der Waals surface area contributed by atoms with E-state index < -0.39 is 0 Å². The van der Waals surface area contributed by atoms with Gasteiger partial charge in [-0.15, -0.1) is 22.7 Å². The second-order valence-corrected chi connectivity index (χ2v) is 19.9. The van der Waals surface area contributed by atoms with E-state index in [2.05, 4.69) is 65.5 Å². The third-order valence-electron chi connectivity index (χ3n) is 12.1. The van der Waals surface area contributed by atoms with Crippen molar-refractivity contribution in [3.8, 4) is 11.8 Å². The lowest BCUT2D eigenvalue weighted by atomic mass is 9.88. The van der Waals surface area contributed by atoms with Crippen molar-refractivity contribution < 1.29 is 0 Å². The molecular weight excluding hydrogens is 689 g/mol. The van der Waals surface area contributed by atoms with E-state index in [1.54, 1.807) is 11.1 Å². The molecule has 0 aromatic carbocycles. The second kappa shape index (κ2) is 34.0. The molecule has 0 fully saturated rings. The zero-order chi connectivity index (χ0) is 38.9. The fourth-order valence-electron chi connectivity index (χ4n) is 8.61. The Labute approximate surface area is 347 Å². The first-order valence-corrected chi connectivity index (χ1v) is 25.8. The minimum Gasteiger partial charge on any atom is -0.132 e. The molecule has 2 rings (SSSR count). The van der Waals surface area contributed by atoms with Gasteiger partial charge < -0.3 is 0 Å². The molecule has 0 aliphatic heterocycles. The van der Waals surface area contributed by atoms with Crippen LogP contribution in [0.3, 0.4) is 0 Å². The molecule has 2 heteroatoms. The fraction of sp³-hybridized carbons (Fsp3) is 0.808. The van der Waals surface area contributed by atoms with Crippen LogP contribution in [0.1, 0.15) is 264 Å².